The summed E-state index contributed by atoms with van der Waals surface area (Å²) < 4.78 is 13.1. The third-order valence-electron chi connectivity index (χ3n) is 3.53. The fourth-order valence-electron chi connectivity index (χ4n) is 2.41. The molecule has 0 amide bonds. The van der Waals surface area contributed by atoms with Crippen LogP contribution < -0.4 is 5.32 Å². The second kappa shape index (κ2) is 6.50. The topological polar surface area (TPSA) is 15.3 Å². The quantitative estimate of drug-likeness (QED) is 0.885. The highest BCUT2D eigenvalue weighted by Crippen LogP contribution is 2.17. The molecule has 4 heteroatoms. The van der Waals surface area contributed by atoms with Crippen LogP contribution in [0.25, 0.3) is 0 Å². The lowest BCUT2D eigenvalue weighted by Gasteiger charge is -2.24. The lowest BCUT2D eigenvalue weighted by molar-refractivity contribution is 0.251. The normalized spacial score (nSPS) is 18.2. The maximum absolute atomic E-state index is 13.1. The van der Waals surface area contributed by atoms with Gasteiger partial charge in [-0.25, -0.2) is 4.39 Å². The van der Waals surface area contributed by atoms with E-state index < -0.39 is 0 Å². The van der Waals surface area contributed by atoms with Crippen molar-refractivity contribution in [2.45, 2.75) is 32.4 Å². The molecule has 0 saturated carbocycles. The first-order valence-electron chi connectivity index (χ1n) is 6.55. The van der Waals surface area contributed by atoms with Crippen molar-refractivity contribution < 1.29 is 4.39 Å². The van der Waals surface area contributed by atoms with Gasteiger partial charge in [0.05, 0.1) is 0 Å². The molecule has 1 saturated heterocycles. The predicted molar refractivity (Wildman–Crippen MR) is 73.4 cm³/mol. The molecule has 1 aliphatic rings. The van der Waals surface area contributed by atoms with Crippen LogP contribution in [0.3, 0.4) is 0 Å². The van der Waals surface area contributed by atoms with Crippen LogP contribution >= 0.6 is 11.6 Å². The molecule has 100 valence electrons. The third-order valence-corrected chi connectivity index (χ3v) is 3.90. The lowest BCUT2D eigenvalue weighted by atomic mass is 10.2. The van der Waals surface area contributed by atoms with Gasteiger partial charge in [-0.3, -0.25) is 4.90 Å². The minimum atomic E-state index is -0.233. The lowest BCUT2D eigenvalue weighted by Crippen LogP contribution is -2.38. The van der Waals surface area contributed by atoms with E-state index in [2.05, 4.69) is 17.1 Å². The summed E-state index contributed by atoms with van der Waals surface area (Å²) in [7, 11) is 0. The van der Waals surface area contributed by atoms with Crippen molar-refractivity contribution >= 4 is 11.6 Å². The molecule has 0 bridgehead atoms. The van der Waals surface area contributed by atoms with Gasteiger partial charge < -0.3 is 5.32 Å². The first-order valence-corrected chi connectivity index (χ1v) is 6.93. The minimum Gasteiger partial charge on any atom is -0.311 e. The monoisotopic (exact) mass is 270 g/mol. The molecule has 2 rings (SSSR count). The second-order valence-corrected chi connectivity index (χ2v) is 5.37. The van der Waals surface area contributed by atoms with Crippen LogP contribution in [0.2, 0.25) is 5.02 Å². The zero-order valence-corrected chi connectivity index (χ0v) is 11.5. The number of likely N-dealkylation sites (tertiary alicyclic amines) is 1. The van der Waals surface area contributed by atoms with Gasteiger partial charge in [0.1, 0.15) is 5.82 Å². The molecule has 1 aromatic carbocycles. The van der Waals surface area contributed by atoms with Crippen molar-refractivity contribution in [2.75, 3.05) is 19.6 Å². The Morgan fingerprint density at radius 2 is 2.11 bits per heavy atom. The molecular formula is C14H20ClFN2. The predicted octanol–water partition coefficient (Wildman–Crippen LogP) is 3.05. The van der Waals surface area contributed by atoms with E-state index in [1.54, 1.807) is 6.07 Å². The fourth-order valence-corrected chi connectivity index (χ4v) is 2.59. The summed E-state index contributed by atoms with van der Waals surface area (Å²) in [6, 6.07) is 5.02. The maximum Gasteiger partial charge on any atom is 0.123 e. The molecule has 2 nitrogen and oxygen atoms in total. The third kappa shape index (κ3) is 3.67. The highest BCUT2D eigenvalue weighted by Gasteiger charge is 2.17. The average Bonchev–Trinajstić information content (AvgIpc) is 2.87. The van der Waals surface area contributed by atoms with Gasteiger partial charge in [0.2, 0.25) is 0 Å². The number of benzene rings is 1. The largest absolute Gasteiger partial charge is 0.311 e. The Labute approximate surface area is 113 Å². The standard InChI is InChI=1S/C14H20ClFN2/c1-11(18-6-2-3-7-18)9-17-10-12-8-13(16)4-5-14(12)15/h4-5,8,11,17H,2-3,6-7,9-10H2,1H3. The van der Waals surface area contributed by atoms with Gasteiger partial charge in [-0.15, -0.1) is 0 Å². The first kappa shape index (κ1) is 13.8. The molecule has 1 N–H and O–H groups in total. The summed E-state index contributed by atoms with van der Waals surface area (Å²) in [5.41, 5.74) is 0.824. The van der Waals surface area contributed by atoms with Gasteiger partial charge >= 0.3 is 0 Å². The van der Waals surface area contributed by atoms with Crippen molar-refractivity contribution in [1.82, 2.24) is 10.2 Å². The molecule has 0 radical (unpaired) electrons. The fraction of sp³-hybridized carbons (Fsp3) is 0.571. The molecule has 1 aliphatic heterocycles. The zero-order valence-electron chi connectivity index (χ0n) is 10.8. The Balaban J connectivity index is 1.79. The molecule has 1 aromatic rings. The first-order chi connectivity index (χ1) is 8.66. The van der Waals surface area contributed by atoms with E-state index in [9.17, 15) is 4.39 Å². The number of nitrogens with one attached hydrogen (secondary N) is 1. The molecule has 0 aliphatic carbocycles. The number of nitrogens with zero attached hydrogens (tertiary/aromatic N) is 1. The van der Waals surface area contributed by atoms with Gasteiger partial charge in [-0.05, 0) is 56.6 Å². The van der Waals surface area contributed by atoms with E-state index in [4.69, 9.17) is 11.6 Å². The number of halogens is 2. The van der Waals surface area contributed by atoms with Crippen molar-refractivity contribution in [1.29, 1.82) is 0 Å². The highest BCUT2D eigenvalue weighted by molar-refractivity contribution is 6.31. The van der Waals surface area contributed by atoms with Crippen LogP contribution in [0.15, 0.2) is 18.2 Å². The molecule has 0 spiro atoms. The van der Waals surface area contributed by atoms with Gasteiger partial charge in [0.25, 0.3) is 0 Å². The summed E-state index contributed by atoms with van der Waals surface area (Å²) >= 11 is 6.02. The van der Waals surface area contributed by atoms with Gasteiger partial charge in [0, 0.05) is 24.2 Å². The minimum absolute atomic E-state index is 0.233. The Kier molecular flexibility index (Phi) is 4.98. The number of hydrogen-bond donors (Lipinski definition) is 1. The summed E-state index contributed by atoms with van der Waals surface area (Å²) in [5.74, 6) is -0.233. The molecule has 0 aromatic heterocycles. The zero-order chi connectivity index (χ0) is 13.0. The Bertz CT molecular complexity index is 391. The molecule has 1 unspecified atom stereocenters. The van der Waals surface area contributed by atoms with Crippen LogP contribution in [0.5, 0.6) is 0 Å². The Hall–Kier alpha value is -0.640. The summed E-state index contributed by atoms with van der Waals surface area (Å²) in [6.45, 7) is 6.15. The van der Waals surface area contributed by atoms with E-state index in [1.165, 1.54) is 38.1 Å². The van der Waals surface area contributed by atoms with Gasteiger partial charge in [0.15, 0.2) is 0 Å². The molecule has 1 fully saturated rings. The van der Waals surface area contributed by atoms with Crippen LogP contribution in [0.1, 0.15) is 25.3 Å². The van der Waals surface area contributed by atoms with E-state index in [1.807, 2.05) is 0 Å². The van der Waals surface area contributed by atoms with Crippen molar-refractivity contribution in [2.24, 2.45) is 0 Å². The van der Waals surface area contributed by atoms with Crippen molar-refractivity contribution in [3.05, 3.63) is 34.6 Å². The summed E-state index contributed by atoms with van der Waals surface area (Å²) in [4.78, 5) is 2.49. The van der Waals surface area contributed by atoms with Crippen LogP contribution in [0.4, 0.5) is 4.39 Å². The van der Waals surface area contributed by atoms with E-state index in [0.29, 0.717) is 17.6 Å². The van der Waals surface area contributed by atoms with Crippen molar-refractivity contribution in [3.8, 4) is 0 Å². The van der Waals surface area contributed by atoms with Crippen molar-refractivity contribution in [3.63, 3.8) is 0 Å². The maximum atomic E-state index is 13.1. The van der Waals surface area contributed by atoms with E-state index in [-0.39, 0.29) is 5.82 Å². The molecule has 18 heavy (non-hydrogen) atoms. The van der Waals surface area contributed by atoms with E-state index in [0.717, 1.165) is 12.1 Å². The smallest absolute Gasteiger partial charge is 0.123 e. The Morgan fingerprint density at radius 3 is 2.83 bits per heavy atom. The van der Waals surface area contributed by atoms with Crippen LogP contribution in [-0.4, -0.2) is 30.6 Å². The average molecular weight is 271 g/mol. The molecule has 1 heterocycles. The SMILES string of the molecule is CC(CNCc1cc(F)ccc1Cl)N1CCCC1. The van der Waals surface area contributed by atoms with Crippen LogP contribution in [-0.2, 0) is 6.54 Å². The van der Waals surface area contributed by atoms with Crippen LogP contribution in [0, 0.1) is 5.82 Å². The summed E-state index contributed by atoms with van der Waals surface area (Å²) in [5, 5.41) is 3.98. The number of hydrogen-bond acceptors (Lipinski definition) is 2. The summed E-state index contributed by atoms with van der Waals surface area (Å²) in [6.07, 6.45) is 2.61. The Morgan fingerprint density at radius 1 is 1.39 bits per heavy atom. The van der Waals surface area contributed by atoms with Gasteiger partial charge in [-0.1, -0.05) is 11.6 Å². The molecular weight excluding hydrogens is 251 g/mol. The molecule has 1 atom stereocenters. The highest BCUT2D eigenvalue weighted by atomic mass is 35.5. The van der Waals surface area contributed by atoms with E-state index >= 15 is 0 Å². The van der Waals surface area contributed by atoms with Gasteiger partial charge in [-0.2, -0.15) is 0 Å². The second-order valence-electron chi connectivity index (χ2n) is 4.96. The number of rotatable bonds is 5.